The largest absolute Gasteiger partial charge is 0.322 e. The third-order valence-corrected chi connectivity index (χ3v) is 5.25. The molecule has 27 heavy (non-hydrogen) atoms. The number of benzene rings is 1. The summed E-state index contributed by atoms with van der Waals surface area (Å²) in [5.41, 5.74) is 2.55. The topological polar surface area (TPSA) is 85.6 Å². The number of nitrogens with one attached hydrogen (secondary N) is 1. The quantitative estimate of drug-likeness (QED) is 0.496. The minimum Gasteiger partial charge on any atom is -0.322 e. The van der Waals surface area contributed by atoms with E-state index in [0.29, 0.717) is 16.8 Å². The first-order valence-electron chi connectivity index (χ1n) is 8.42. The second kappa shape index (κ2) is 8.49. The van der Waals surface area contributed by atoms with E-state index in [0.717, 1.165) is 5.69 Å². The lowest BCUT2D eigenvalue weighted by Crippen LogP contribution is -2.23. The van der Waals surface area contributed by atoms with Gasteiger partial charge in [-0.15, -0.1) is 5.10 Å². The van der Waals surface area contributed by atoms with Gasteiger partial charge >= 0.3 is 0 Å². The highest BCUT2D eigenvalue weighted by Gasteiger charge is 2.20. The van der Waals surface area contributed by atoms with E-state index in [1.54, 1.807) is 29.9 Å². The first-order valence-corrected chi connectivity index (χ1v) is 9.68. The van der Waals surface area contributed by atoms with E-state index in [1.807, 2.05) is 12.1 Å². The second-order valence-electron chi connectivity index (χ2n) is 6.21. The molecule has 0 aliphatic heterocycles. The number of thioether (sulfide) groups is 1. The number of tetrazole rings is 1. The third-order valence-electron chi connectivity index (χ3n) is 3.91. The van der Waals surface area contributed by atoms with Gasteiger partial charge in [0.2, 0.25) is 11.1 Å². The van der Waals surface area contributed by atoms with Crippen molar-refractivity contribution in [3.8, 4) is 5.69 Å². The van der Waals surface area contributed by atoms with Crippen LogP contribution < -0.4 is 5.32 Å². The van der Waals surface area contributed by atoms with E-state index < -0.39 is 5.25 Å². The van der Waals surface area contributed by atoms with Crippen LogP contribution in [0.25, 0.3) is 5.69 Å². The van der Waals surface area contributed by atoms with E-state index in [1.165, 1.54) is 17.3 Å². The summed E-state index contributed by atoms with van der Waals surface area (Å²) in [5, 5.41) is 15.0. The molecule has 9 heteroatoms. The first-order chi connectivity index (χ1) is 13.0. The highest BCUT2D eigenvalue weighted by molar-refractivity contribution is 8.00. The lowest BCUT2D eigenvalue weighted by atomic mass is 10.0. The Bertz CT molecular complexity index is 928. The van der Waals surface area contributed by atoms with E-state index in [2.05, 4.69) is 51.8 Å². The van der Waals surface area contributed by atoms with Crippen LogP contribution in [-0.4, -0.2) is 36.3 Å². The molecule has 0 spiro atoms. The number of nitrogens with zero attached hydrogens (tertiary/aromatic N) is 5. The molecule has 0 radical (unpaired) electrons. The van der Waals surface area contributed by atoms with Crippen molar-refractivity contribution in [1.29, 1.82) is 0 Å². The summed E-state index contributed by atoms with van der Waals surface area (Å²) in [5.74, 6) is 0.240. The van der Waals surface area contributed by atoms with E-state index >= 15 is 0 Å². The van der Waals surface area contributed by atoms with Crippen LogP contribution in [0.5, 0.6) is 0 Å². The van der Waals surface area contributed by atoms with Gasteiger partial charge in [0.25, 0.3) is 0 Å². The fourth-order valence-electron chi connectivity index (χ4n) is 2.34. The number of hydrogen-bond donors (Lipinski definition) is 1. The zero-order chi connectivity index (χ0) is 19.4. The SMILES string of the molecule is CC(C)c1ccc(-n2nnnc2S[C@H](C)C(=O)Nc2cccnc2Cl)cc1. The van der Waals surface area contributed by atoms with E-state index in [4.69, 9.17) is 11.6 Å². The molecule has 1 amide bonds. The normalized spacial score (nSPS) is 12.2. The molecule has 1 aromatic carbocycles. The number of aromatic nitrogens is 5. The molecule has 0 unspecified atom stereocenters. The predicted molar refractivity (Wildman–Crippen MR) is 106 cm³/mol. The minimum atomic E-state index is -0.430. The van der Waals surface area contributed by atoms with Crippen LogP contribution in [0.15, 0.2) is 47.8 Å². The lowest BCUT2D eigenvalue weighted by molar-refractivity contribution is -0.115. The molecule has 0 saturated heterocycles. The van der Waals surface area contributed by atoms with Crippen LogP contribution in [0.4, 0.5) is 5.69 Å². The summed E-state index contributed by atoms with van der Waals surface area (Å²) in [6.45, 7) is 6.06. The number of pyridine rings is 1. The molecule has 0 aliphatic rings. The molecule has 1 atom stereocenters. The van der Waals surface area contributed by atoms with Crippen LogP contribution in [0, 0.1) is 0 Å². The summed E-state index contributed by atoms with van der Waals surface area (Å²) in [4.78, 5) is 16.4. The third kappa shape index (κ3) is 4.64. The van der Waals surface area contributed by atoms with Gasteiger partial charge < -0.3 is 5.32 Å². The molecule has 7 nitrogen and oxygen atoms in total. The van der Waals surface area contributed by atoms with Gasteiger partial charge in [-0.3, -0.25) is 4.79 Å². The summed E-state index contributed by atoms with van der Waals surface area (Å²) < 4.78 is 1.62. The molecule has 1 N–H and O–H groups in total. The maximum absolute atomic E-state index is 12.5. The monoisotopic (exact) mass is 402 g/mol. The lowest BCUT2D eigenvalue weighted by Gasteiger charge is -2.12. The summed E-state index contributed by atoms with van der Waals surface area (Å²) in [6, 6.07) is 11.4. The van der Waals surface area contributed by atoms with Crippen LogP contribution in [0.2, 0.25) is 5.15 Å². The highest BCUT2D eigenvalue weighted by Crippen LogP contribution is 2.26. The van der Waals surface area contributed by atoms with Crippen molar-refractivity contribution in [2.24, 2.45) is 0 Å². The van der Waals surface area contributed by atoms with Crippen LogP contribution in [-0.2, 0) is 4.79 Å². The Morgan fingerprint density at radius 1 is 1.19 bits per heavy atom. The Kier molecular flexibility index (Phi) is 6.08. The molecule has 0 fully saturated rings. The summed E-state index contributed by atoms with van der Waals surface area (Å²) in [7, 11) is 0. The van der Waals surface area contributed by atoms with Gasteiger partial charge in [-0.2, -0.15) is 4.68 Å². The average molecular weight is 403 g/mol. The van der Waals surface area contributed by atoms with Crippen molar-refractivity contribution in [3.63, 3.8) is 0 Å². The number of halogens is 1. The maximum atomic E-state index is 12.5. The van der Waals surface area contributed by atoms with Crippen molar-refractivity contribution < 1.29 is 4.79 Å². The molecule has 2 aromatic heterocycles. The highest BCUT2D eigenvalue weighted by atomic mass is 35.5. The Balaban J connectivity index is 1.72. The predicted octanol–water partition coefficient (Wildman–Crippen LogP) is 3.95. The number of carbonyl (C=O) groups excluding carboxylic acids is 1. The van der Waals surface area contributed by atoms with Crippen molar-refractivity contribution in [3.05, 3.63) is 53.3 Å². The fraction of sp³-hybridized carbons (Fsp3) is 0.278. The van der Waals surface area contributed by atoms with Crippen LogP contribution in [0.3, 0.4) is 0 Å². The number of carbonyl (C=O) groups is 1. The molecule has 2 heterocycles. The van der Waals surface area contributed by atoms with E-state index in [9.17, 15) is 4.79 Å². The zero-order valence-electron chi connectivity index (χ0n) is 15.1. The number of amides is 1. The Hall–Kier alpha value is -2.45. The maximum Gasteiger partial charge on any atom is 0.237 e. The molecule has 140 valence electrons. The van der Waals surface area contributed by atoms with Gasteiger partial charge in [0, 0.05) is 6.20 Å². The van der Waals surface area contributed by atoms with Gasteiger partial charge in [0.15, 0.2) is 5.15 Å². The van der Waals surface area contributed by atoms with Crippen molar-refractivity contribution in [1.82, 2.24) is 25.2 Å². The van der Waals surface area contributed by atoms with Gasteiger partial charge in [-0.25, -0.2) is 4.98 Å². The molecule has 3 aromatic rings. The molecule has 0 aliphatic carbocycles. The summed E-state index contributed by atoms with van der Waals surface area (Å²) in [6.07, 6.45) is 1.56. The summed E-state index contributed by atoms with van der Waals surface area (Å²) >= 11 is 7.25. The fourth-order valence-corrected chi connectivity index (χ4v) is 3.31. The van der Waals surface area contributed by atoms with Crippen LogP contribution >= 0.6 is 23.4 Å². The number of anilines is 1. The molecular weight excluding hydrogens is 384 g/mol. The van der Waals surface area contributed by atoms with Crippen molar-refractivity contribution in [2.45, 2.75) is 37.1 Å². The first kappa shape index (κ1) is 19.3. The molecule has 0 bridgehead atoms. The number of rotatable bonds is 6. The standard InChI is InChI=1S/C18H19ClN6OS/c1-11(2)13-6-8-14(9-7-13)25-18(22-23-24-25)27-12(3)17(26)21-15-5-4-10-20-16(15)19/h4-12H,1-3H3,(H,21,26)/t12-/m1/s1. The Morgan fingerprint density at radius 2 is 1.93 bits per heavy atom. The average Bonchev–Trinajstić information content (AvgIpc) is 3.11. The Morgan fingerprint density at radius 3 is 2.59 bits per heavy atom. The Labute approximate surface area is 166 Å². The zero-order valence-corrected chi connectivity index (χ0v) is 16.7. The smallest absolute Gasteiger partial charge is 0.237 e. The number of hydrogen-bond acceptors (Lipinski definition) is 6. The van der Waals surface area contributed by atoms with Gasteiger partial charge in [0.1, 0.15) is 0 Å². The molecular formula is C18H19ClN6OS. The van der Waals surface area contributed by atoms with E-state index in [-0.39, 0.29) is 11.1 Å². The molecule has 0 saturated carbocycles. The minimum absolute atomic E-state index is 0.209. The van der Waals surface area contributed by atoms with Crippen molar-refractivity contribution >= 4 is 35.0 Å². The van der Waals surface area contributed by atoms with Gasteiger partial charge in [-0.05, 0) is 53.1 Å². The van der Waals surface area contributed by atoms with Crippen molar-refractivity contribution in [2.75, 3.05) is 5.32 Å². The molecule has 3 rings (SSSR count). The van der Waals surface area contributed by atoms with Crippen LogP contribution in [0.1, 0.15) is 32.3 Å². The second-order valence-corrected chi connectivity index (χ2v) is 7.88. The van der Waals surface area contributed by atoms with Gasteiger partial charge in [-0.1, -0.05) is 49.3 Å². The van der Waals surface area contributed by atoms with Gasteiger partial charge in [0.05, 0.1) is 16.6 Å².